The molecule has 8 heterocycles. The van der Waals surface area contributed by atoms with Crippen molar-refractivity contribution >= 4 is 90.9 Å². The van der Waals surface area contributed by atoms with Crippen LogP contribution in [0, 0.1) is 47.3 Å². The highest BCUT2D eigenvalue weighted by Gasteiger charge is 2.45. The van der Waals surface area contributed by atoms with Crippen molar-refractivity contribution < 1.29 is 9.47 Å². The molecule has 0 amide bonds. The molecule has 0 bridgehead atoms. The molecule has 8 aromatic rings. The summed E-state index contributed by atoms with van der Waals surface area (Å²) in [6.45, 7) is 28.8. The Hall–Kier alpha value is -3.52. The number of hydrogen-bond acceptors (Lipinski definition) is 12. The average Bonchev–Trinajstić information content (AvgIpc) is 3.37. The molecule has 2 aliphatic heterocycles. The zero-order valence-electron chi connectivity index (χ0n) is 51.6. The van der Waals surface area contributed by atoms with Crippen molar-refractivity contribution in [2.24, 2.45) is 47.3 Å². The topological polar surface area (TPSA) is 70.0 Å². The van der Waals surface area contributed by atoms with Crippen LogP contribution in [0.2, 0.25) is 0 Å². The van der Waals surface area contributed by atoms with E-state index in [4.69, 9.17) is 22.6 Å². The van der Waals surface area contributed by atoms with E-state index in [1.807, 2.05) is 45.3 Å². The van der Waals surface area contributed by atoms with E-state index in [9.17, 15) is 0 Å². The molecule has 0 N–H and O–H groups in total. The number of thiophene rings is 4. The number of rotatable bonds is 31. The molecule has 0 fully saturated rings. The van der Waals surface area contributed by atoms with Crippen molar-refractivity contribution in [3.63, 3.8) is 0 Å². The molecule has 2 aliphatic rings. The van der Waals surface area contributed by atoms with E-state index in [1.54, 1.807) is 0 Å². The number of fused-ring (bicyclic) bond motifs is 8. The van der Waals surface area contributed by atoms with Crippen molar-refractivity contribution in [2.45, 2.75) is 223 Å². The Labute approximate surface area is 517 Å². The van der Waals surface area contributed by atoms with Gasteiger partial charge in [-0.05, 0) is 134 Å². The van der Waals surface area contributed by atoms with Gasteiger partial charge in [-0.15, -0.1) is 45.3 Å². The molecule has 0 spiro atoms. The molecule has 2 aromatic carbocycles. The van der Waals surface area contributed by atoms with E-state index in [2.05, 4.69) is 147 Å². The summed E-state index contributed by atoms with van der Waals surface area (Å²) in [6, 6.07) is 20.8. The van der Waals surface area contributed by atoms with Gasteiger partial charge in [0.25, 0.3) is 0 Å². The molecular weight excluding hydrogens is 1120 g/mol. The van der Waals surface area contributed by atoms with Crippen LogP contribution < -0.4 is 9.47 Å². The highest BCUT2D eigenvalue weighted by atomic mass is 32.1. The second-order valence-electron chi connectivity index (χ2n) is 27.3. The Balaban J connectivity index is 1.02. The van der Waals surface area contributed by atoms with Gasteiger partial charge in [-0.25, -0.2) is 0 Å². The SMILES string of the molecule is CC(C)CCCC(C)CCC1(CCC(C)CCCC(C)C)Oc2cc(-c3ccc(-c4cc5c(s4)-c4sccc4OC5(CCC(C)CCCC(C)C)CCC(C)CCCC(C)C)c4nsnc34)sc2-c2sc(-c3cccc4nsnc34)cc21. The predicted molar refractivity (Wildman–Crippen MR) is 360 cm³/mol. The van der Waals surface area contributed by atoms with Gasteiger partial charge in [-0.1, -0.05) is 184 Å². The number of benzene rings is 2. The molecule has 0 saturated heterocycles. The van der Waals surface area contributed by atoms with Gasteiger partial charge >= 0.3 is 0 Å². The van der Waals surface area contributed by atoms with Crippen LogP contribution in [-0.2, 0) is 11.2 Å². The van der Waals surface area contributed by atoms with Crippen molar-refractivity contribution in [2.75, 3.05) is 0 Å². The smallest absolute Gasteiger partial charge is 0.140 e. The molecule has 4 atom stereocenters. The lowest BCUT2D eigenvalue weighted by Gasteiger charge is -2.39. The lowest BCUT2D eigenvalue weighted by Crippen LogP contribution is -2.36. The first-order chi connectivity index (χ1) is 39.5. The zero-order chi connectivity index (χ0) is 57.7. The van der Waals surface area contributed by atoms with Crippen LogP contribution >= 0.6 is 68.8 Å². The quantitative estimate of drug-likeness (QED) is 0.0431. The van der Waals surface area contributed by atoms with Crippen LogP contribution in [0.3, 0.4) is 0 Å². The van der Waals surface area contributed by atoms with E-state index in [1.165, 1.54) is 157 Å². The Kier molecular flexibility index (Phi) is 20.6. The summed E-state index contributed by atoms with van der Waals surface area (Å²) in [7, 11) is 0. The highest BCUT2D eigenvalue weighted by molar-refractivity contribution is 7.26. The Morgan fingerprint density at radius 3 is 1.27 bits per heavy atom. The third-order valence-corrected chi connectivity index (χ3v) is 24.2. The number of hydrogen-bond donors (Lipinski definition) is 0. The van der Waals surface area contributed by atoms with Crippen LogP contribution in [0.25, 0.3) is 72.9 Å². The van der Waals surface area contributed by atoms with Crippen LogP contribution in [0.5, 0.6) is 11.5 Å². The van der Waals surface area contributed by atoms with Gasteiger partial charge in [-0.2, -0.15) is 17.5 Å². The zero-order valence-corrected chi connectivity index (χ0v) is 56.5. The van der Waals surface area contributed by atoms with E-state index in [0.717, 1.165) is 114 Å². The third kappa shape index (κ3) is 14.1. The summed E-state index contributed by atoms with van der Waals surface area (Å²) >= 11 is 10.2. The van der Waals surface area contributed by atoms with Gasteiger partial charge in [0.2, 0.25) is 0 Å². The maximum atomic E-state index is 7.81. The largest absolute Gasteiger partial charge is 0.481 e. The van der Waals surface area contributed by atoms with Crippen LogP contribution in [0.1, 0.15) is 223 Å². The summed E-state index contributed by atoms with van der Waals surface area (Å²) < 4.78 is 35.2. The molecule has 0 saturated carbocycles. The molecule has 12 heteroatoms. The first-order valence-electron chi connectivity index (χ1n) is 31.9. The second-order valence-corrected chi connectivity index (χ2v) is 32.4. The van der Waals surface area contributed by atoms with Crippen molar-refractivity contribution in [3.05, 3.63) is 71.1 Å². The summed E-state index contributed by atoms with van der Waals surface area (Å²) in [6.07, 6.45) is 24.1. The second kappa shape index (κ2) is 27.5. The molecule has 6 aromatic heterocycles. The summed E-state index contributed by atoms with van der Waals surface area (Å²) in [4.78, 5) is 8.95. The third-order valence-electron chi connectivity index (χ3n) is 18.4. The van der Waals surface area contributed by atoms with Gasteiger partial charge in [0.15, 0.2) is 0 Å². The van der Waals surface area contributed by atoms with E-state index >= 15 is 0 Å². The lowest BCUT2D eigenvalue weighted by atomic mass is 9.78. The minimum atomic E-state index is -0.444. The first-order valence-corrected chi connectivity index (χ1v) is 36.6. The predicted octanol–water partition coefficient (Wildman–Crippen LogP) is 24.4. The Morgan fingerprint density at radius 1 is 0.390 bits per heavy atom. The summed E-state index contributed by atoms with van der Waals surface area (Å²) in [5.74, 6) is 7.59. The van der Waals surface area contributed by atoms with E-state index in [0.29, 0.717) is 23.7 Å². The Morgan fingerprint density at radius 2 is 0.793 bits per heavy atom. The average molecular weight is 1220 g/mol. The van der Waals surface area contributed by atoms with Gasteiger partial charge in [-0.3, -0.25) is 0 Å². The maximum Gasteiger partial charge on any atom is 0.140 e. The minimum absolute atomic E-state index is 0.372. The van der Waals surface area contributed by atoms with Crippen molar-refractivity contribution in [1.82, 2.24) is 17.5 Å². The molecule has 6 nitrogen and oxygen atoms in total. The highest BCUT2D eigenvalue weighted by Crippen LogP contribution is 2.60. The molecule has 4 unspecified atom stereocenters. The number of ether oxygens (including phenoxy) is 2. The minimum Gasteiger partial charge on any atom is -0.481 e. The molecule has 0 radical (unpaired) electrons. The molecule has 82 heavy (non-hydrogen) atoms. The van der Waals surface area contributed by atoms with Gasteiger partial charge in [0, 0.05) is 42.4 Å². The van der Waals surface area contributed by atoms with E-state index < -0.39 is 5.60 Å². The fourth-order valence-electron chi connectivity index (χ4n) is 13.1. The van der Waals surface area contributed by atoms with Crippen LogP contribution in [-0.4, -0.2) is 17.5 Å². The van der Waals surface area contributed by atoms with Gasteiger partial charge < -0.3 is 9.47 Å². The number of nitrogens with zero attached hydrogens (tertiary/aromatic N) is 4. The van der Waals surface area contributed by atoms with Gasteiger partial charge in [0.05, 0.1) is 43.0 Å². The van der Waals surface area contributed by atoms with Gasteiger partial charge in [0.1, 0.15) is 44.8 Å². The molecule has 442 valence electrons. The monoisotopic (exact) mass is 1210 g/mol. The molecule has 10 rings (SSSR count). The first kappa shape index (κ1) is 61.6. The van der Waals surface area contributed by atoms with E-state index in [-0.39, 0.29) is 5.60 Å². The fraction of sp³-hybridized carbons (Fsp3) is 0.600. The van der Waals surface area contributed by atoms with Crippen molar-refractivity contribution in [1.29, 1.82) is 0 Å². The Bertz CT molecular complexity index is 3280. The van der Waals surface area contributed by atoms with Crippen LogP contribution in [0.4, 0.5) is 0 Å². The lowest BCUT2D eigenvalue weighted by molar-refractivity contribution is 0.0322. The summed E-state index contributed by atoms with van der Waals surface area (Å²) in [5.41, 5.74) is 9.33. The normalized spacial score (nSPS) is 18.3. The molecular formula is C70H94N4O2S6. The standard InChI is InChI=1S/C70H94N4O2S6/c1-43(2)18-13-22-47(9)30-35-69(36-31-48(10)23-14-19-44(3)4)54-40-60(78-65(54)67-57(75-69)34-39-77-67)52-28-29-53(64-63(52)73-82-74-64)61-42-58-68(80-61)66-55(41-59(79-66)51-26-17-27-56-62(51)72-81-71-56)70(76-58,37-32-49(11)24-15-20-45(5)6)38-33-50(12)25-16-21-46(7)8/h17,26-29,34,39-50H,13-16,18-25,30-33,35-38H2,1-12H3. The fourth-order valence-corrected chi connectivity index (χ4v) is 19.0. The van der Waals surface area contributed by atoms with Crippen molar-refractivity contribution in [3.8, 4) is 62.3 Å². The molecule has 0 aliphatic carbocycles. The maximum absolute atomic E-state index is 7.81. The number of aromatic nitrogens is 4. The van der Waals surface area contributed by atoms with Crippen LogP contribution in [0.15, 0.2) is 60.0 Å². The summed E-state index contributed by atoms with van der Waals surface area (Å²) in [5, 5.41) is 2.24.